The fourth-order valence-electron chi connectivity index (χ4n) is 5.46. The molecule has 2 aromatic carbocycles. The van der Waals surface area contributed by atoms with Crippen LogP contribution >= 0.6 is 0 Å². The van der Waals surface area contributed by atoms with Crippen molar-refractivity contribution in [3.63, 3.8) is 0 Å². The van der Waals surface area contributed by atoms with E-state index >= 15 is 0 Å². The summed E-state index contributed by atoms with van der Waals surface area (Å²) in [6.45, 7) is 6.96. The fourth-order valence-corrected chi connectivity index (χ4v) is 5.46. The zero-order valence-corrected chi connectivity index (χ0v) is 20.3. The molecule has 2 heterocycles. The summed E-state index contributed by atoms with van der Waals surface area (Å²) < 4.78 is 12.5. The first-order chi connectivity index (χ1) is 16.6. The van der Waals surface area contributed by atoms with E-state index in [9.17, 15) is 0 Å². The molecule has 0 unspecified atom stereocenters. The Kier molecular flexibility index (Phi) is 6.66. The minimum Gasteiger partial charge on any atom is -0.469 e. The molecule has 1 aromatic heterocycles. The maximum atomic E-state index is 6.57. The van der Waals surface area contributed by atoms with Gasteiger partial charge in [-0.2, -0.15) is 5.10 Å². The number of furan rings is 1. The molecule has 0 amide bonds. The van der Waals surface area contributed by atoms with Gasteiger partial charge in [-0.05, 0) is 54.5 Å². The van der Waals surface area contributed by atoms with E-state index in [2.05, 4.69) is 63.5 Å². The molecule has 0 saturated heterocycles. The predicted octanol–water partition coefficient (Wildman–Crippen LogP) is 6.76. The lowest BCUT2D eigenvalue weighted by atomic mass is 9.75. The largest absolute Gasteiger partial charge is 0.469 e. The number of hydrazone groups is 1. The summed E-state index contributed by atoms with van der Waals surface area (Å²) in [6, 6.07) is 24.4. The second-order valence-corrected chi connectivity index (χ2v) is 10.1. The van der Waals surface area contributed by atoms with Crippen LogP contribution in [-0.2, 0) is 4.42 Å². The first-order valence-corrected chi connectivity index (χ1v) is 12.5. The molecule has 5 rings (SSSR count). The normalized spacial score (nSPS) is 27.5. The van der Waals surface area contributed by atoms with Crippen molar-refractivity contribution >= 4 is 17.7 Å². The van der Waals surface area contributed by atoms with Gasteiger partial charge in [0.25, 0.3) is 0 Å². The van der Waals surface area contributed by atoms with Crippen LogP contribution in [0.1, 0.15) is 57.3 Å². The Morgan fingerprint density at radius 3 is 2.38 bits per heavy atom. The van der Waals surface area contributed by atoms with Crippen molar-refractivity contribution in [1.29, 1.82) is 0 Å². The average molecular weight is 455 g/mol. The molecule has 4 heteroatoms. The summed E-state index contributed by atoms with van der Waals surface area (Å²) in [5, 5.41) is 7.18. The highest BCUT2D eigenvalue weighted by Gasteiger charge is 2.40. The van der Waals surface area contributed by atoms with Gasteiger partial charge in [0.2, 0.25) is 6.10 Å². The Morgan fingerprint density at radius 2 is 1.71 bits per heavy atom. The molecule has 5 atom stereocenters. The van der Waals surface area contributed by atoms with Crippen LogP contribution in [-0.4, -0.2) is 24.1 Å². The zero-order chi connectivity index (χ0) is 23.5. The molecule has 0 N–H and O–H groups in total. The van der Waals surface area contributed by atoms with Crippen LogP contribution < -0.4 is 5.01 Å². The monoisotopic (exact) mass is 454 g/mol. The molecule has 0 spiro atoms. The first-order valence-electron chi connectivity index (χ1n) is 12.5. The summed E-state index contributed by atoms with van der Waals surface area (Å²) in [5.74, 6) is 2.57. The van der Waals surface area contributed by atoms with Crippen LogP contribution in [0.2, 0.25) is 0 Å². The Hall–Kier alpha value is -3.14. The molecule has 3 aromatic rings. The van der Waals surface area contributed by atoms with Gasteiger partial charge in [0.15, 0.2) is 0 Å². The SMILES string of the molecule is CC(C)[C@H]1CC[C@H](C)C[C@@H]1[O+]=[C-][C@H]1[C@H](c2ccco2)C(c2ccccc2)=NN1c1ccccc1. The molecule has 0 bridgehead atoms. The van der Waals surface area contributed by atoms with Gasteiger partial charge in [-0.25, -0.2) is 0 Å². The van der Waals surface area contributed by atoms with E-state index < -0.39 is 0 Å². The van der Waals surface area contributed by atoms with Crippen LogP contribution in [0, 0.1) is 17.8 Å². The van der Waals surface area contributed by atoms with Crippen molar-refractivity contribution in [3.05, 3.63) is 90.4 Å². The minimum atomic E-state index is -0.228. The third-order valence-electron chi connectivity index (χ3n) is 7.33. The van der Waals surface area contributed by atoms with Crippen molar-refractivity contribution in [2.45, 2.75) is 58.1 Å². The average Bonchev–Trinajstić information content (AvgIpc) is 3.51. The van der Waals surface area contributed by atoms with Gasteiger partial charge in [-0.1, -0.05) is 69.3 Å². The van der Waals surface area contributed by atoms with Crippen LogP contribution in [0.3, 0.4) is 0 Å². The van der Waals surface area contributed by atoms with Gasteiger partial charge in [0.1, 0.15) is 5.76 Å². The lowest BCUT2D eigenvalue weighted by Gasteiger charge is -2.32. The van der Waals surface area contributed by atoms with E-state index in [-0.39, 0.29) is 18.1 Å². The molecule has 1 aliphatic carbocycles. The Bertz CT molecular complexity index is 1110. The molecular weight excluding hydrogens is 420 g/mol. The number of rotatable bonds is 6. The van der Waals surface area contributed by atoms with Gasteiger partial charge >= 0.3 is 0 Å². The first kappa shape index (κ1) is 22.6. The highest BCUT2D eigenvalue weighted by molar-refractivity contribution is 6.09. The zero-order valence-electron chi connectivity index (χ0n) is 20.3. The smallest absolute Gasteiger partial charge is 0.230 e. The molecule has 1 saturated carbocycles. The quantitative estimate of drug-likeness (QED) is 0.305. The summed E-state index contributed by atoms with van der Waals surface area (Å²) >= 11 is 0. The van der Waals surface area contributed by atoms with Crippen molar-refractivity contribution in [2.75, 3.05) is 5.01 Å². The molecule has 4 nitrogen and oxygen atoms in total. The standard InChI is InChI=1S/C30H34N2O2/c1-21(2)25-17-16-22(3)19-28(25)34-20-26-29(27-15-10-18-33-27)30(23-11-6-4-7-12-23)31-32(26)24-13-8-5-9-14-24/h4-15,18,21-22,25-26,28-29H,16-17,19H2,1-3H3/t22-,25+,26-,28-,29+/m0/s1. The lowest BCUT2D eigenvalue weighted by Crippen LogP contribution is -2.37. The number of carbonyl (C=O) groups excluding carboxylic acids is 1. The van der Waals surface area contributed by atoms with Crippen molar-refractivity contribution in [3.8, 4) is 0 Å². The molecular formula is C30H34N2O2. The fraction of sp³-hybridized carbons (Fsp3) is 0.400. The van der Waals surface area contributed by atoms with Crippen LogP contribution in [0.4, 0.5) is 5.69 Å². The van der Waals surface area contributed by atoms with Crippen molar-refractivity contribution < 1.29 is 8.84 Å². The van der Waals surface area contributed by atoms with Gasteiger partial charge in [-0.3, -0.25) is 5.01 Å². The summed E-state index contributed by atoms with van der Waals surface area (Å²) in [7, 11) is 0. The number of hydrogen-bond acceptors (Lipinski definition) is 3. The molecule has 0 radical (unpaired) electrons. The molecule has 1 fully saturated rings. The highest BCUT2D eigenvalue weighted by Crippen LogP contribution is 2.38. The predicted molar refractivity (Wildman–Crippen MR) is 138 cm³/mol. The third-order valence-corrected chi connectivity index (χ3v) is 7.33. The van der Waals surface area contributed by atoms with Gasteiger partial charge in [0, 0.05) is 24.7 Å². The van der Waals surface area contributed by atoms with Crippen LogP contribution in [0.25, 0.3) is 0 Å². The van der Waals surface area contributed by atoms with E-state index in [0.29, 0.717) is 17.8 Å². The van der Waals surface area contributed by atoms with Crippen LogP contribution in [0.5, 0.6) is 0 Å². The van der Waals surface area contributed by atoms with Gasteiger partial charge in [0.05, 0.1) is 23.6 Å². The second-order valence-electron chi connectivity index (χ2n) is 10.1. The van der Waals surface area contributed by atoms with E-state index in [1.807, 2.05) is 41.4 Å². The van der Waals surface area contributed by atoms with Crippen molar-refractivity contribution in [2.24, 2.45) is 22.9 Å². The van der Waals surface area contributed by atoms with Gasteiger partial charge < -0.3 is 8.84 Å². The Balaban J connectivity index is 1.56. The number of para-hydroxylation sites is 1. The minimum absolute atomic E-state index is 0.115. The van der Waals surface area contributed by atoms with Crippen LogP contribution in [0.15, 0.2) is 88.6 Å². The summed E-state index contributed by atoms with van der Waals surface area (Å²) in [5.41, 5.74) is 3.07. The molecule has 2 aliphatic rings. The Morgan fingerprint density at radius 1 is 0.971 bits per heavy atom. The topological polar surface area (TPSA) is 40.0 Å². The van der Waals surface area contributed by atoms with E-state index in [1.54, 1.807) is 6.26 Å². The number of hydrogen-bond donors (Lipinski definition) is 0. The van der Waals surface area contributed by atoms with E-state index in [1.165, 1.54) is 12.8 Å². The lowest BCUT2D eigenvalue weighted by molar-refractivity contribution is -0.0740. The molecule has 176 valence electrons. The van der Waals surface area contributed by atoms with Crippen molar-refractivity contribution in [1.82, 2.24) is 0 Å². The maximum absolute atomic E-state index is 6.57. The van der Waals surface area contributed by atoms with Gasteiger partial charge in [-0.15, -0.1) is 0 Å². The molecule has 1 aliphatic heterocycles. The Labute approximate surface area is 203 Å². The third kappa shape index (κ3) is 4.59. The molecule has 34 heavy (non-hydrogen) atoms. The number of nitrogens with zero attached hydrogens (tertiary/aromatic N) is 2. The highest BCUT2D eigenvalue weighted by atomic mass is 16.4. The number of benzene rings is 2. The van der Waals surface area contributed by atoms with E-state index in [4.69, 9.17) is 13.9 Å². The van der Waals surface area contributed by atoms with E-state index in [0.717, 1.165) is 29.1 Å². The second kappa shape index (κ2) is 10.0. The maximum Gasteiger partial charge on any atom is 0.230 e. The summed E-state index contributed by atoms with van der Waals surface area (Å²) in [6.07, 6.45) is 8.97. The summed E-state index contributed by atoms with van der Waals surface area (Å²) in [4.78, 5) is 0. The number of anilines is 1.